The second-order valence-corrected chi connectivity index (χ2v) is 3.58. The zero-order valence-corrected chi connectivity index (χ0v) is 7.17. The van der Waals surface area contributed by atoms with Gasteiger partial charge in [0, 0.05) is 12.8 Å². The third-order valence-corrected chi connectivity index (χ3v) is 2.47. The molecule has 2 atom stereocenters. The van der Waals surface area contributed by atoms with Crippen LogP contribution in [0.3, 0.4) is 0 Å². The summed E-state index contributed by atoms with van der Waals surface area (Å²) in [5, 5.41) is 8.53. The van der Waals surface area contributed by atoms with Crippen LogP contribution in [0.4, 0.5) is 8.78 Å². The minimum absolute atomic E-state index is 0.143. The highest BCUT2D eigenvalue weighted by atomic mass is 19.3. The van der Waals surface area contributed by atoms with Crippen molar-refractivity contribution in [3.63, 3.8) is 0 Å². The molecule has 1 unspecified atom stereocenters. The number of halogens is 2. The van der Waals surface area contributed by atoms with E-state index in [0.29, 0.717) is 12.8 Å². The van der Waals surface area contributed by atoms with Crippen LogP contribution in [0, 0.1) is 5.92 Å². The number of carbonyl (C=O) groups is 1. The minimum Gasteiger partial charge on any atom is -0.480 e. The zero-order valence-electron chi connectivity index (χ0n) is 7.17. The van der Waals surface area contributed by atoms with Crippen LogP contribution in [0.15, 0.2) is 0 Å². The van der Waals surface area contributed by atoms with Crippen molar-refractivity contribution in [3.8, 4) is 0 Å². The topological polar surface area (TPSA) is 63.3 Å². The molecule has 0 radical (unpaired) electrons. The van der Waals surface area contributed by atoms with Crippen molar-refractivity contribution in [1.82, 2.24) is 0 Å². The van der Waals surface area contributed by atoms with Crippen molar-refractivity contribution < 1.29 is 18.7 Å². The Bertz CT molecular complexity index is 208. The van der Waals surface area contributed by atoms with Crippen molar-refractivity contribution >= 4 is 5.97 Å². The standard InChI is InChI=1S/C8H13F2NO2/c9-8(10)3-1-2-5(4-8)6(11)7(12)13/h5-6H,1-4,11H2,(H,12,13)/t5?,6-/m0/s1. The molecule has 0 saturated heterocycles. The average molecular weight is 193 g/mol. The number of aliphatic carboxylic acids is 1. The fraction of sp³-hybridized carbons (Fsp3) is 0.875. The van der Waals surface area contributed by atoms with E-state index in [0.717, 1.165) is 0 Å². The third-order valence-electron chi connectivity index (χ3n) is 2.47. The quantitative estimate of drug-likeness (QED) is 0.693. The molecule has 0 aromatic heterocycles. The van der Waals surface area contributed by atoms with E-state index in [4.69, 9.17) is 10.8 Å². The maximum atomic E-state index is 12.8. The van der Waals surface area contributed by atoms with Crippen LogP contribution >= 0.6 is 0 Å². The molecule has 1 aliphatic rings. The van der Waals surface area contributed by atoms with Crippen LogP contribution in [-0.2, 0) is 4.79 Å². The van der Waals surface area contributed by atoms with Gasteiger partial charge in [0.2, 0.25) is 5.92 Å². The molecule has 0 aromatic rings. The van der Waals surface area contributed by atoms with Crippen LogP contribution < -0.4 is 5.73 Å². The molecule has 0 spiro atoms. The number of hydrogen-bond acceptors (Lipinski definition) is 2. The van der Waals surface area contributed by atoms with Crippen LogP contribution in [0.1, 0.15) is 25.7 Å². The lowest BCUT2D eigenvalue weighted by molar-refractivity contribution is -0.141. The molecular formula is C8H13F2NO2. The molecule has 76 valence electrons. The van der Waals surface area contributed by atoms with Gasteiger partial charge in [-0.1, -0.05) is 0 Å². The van der Waals surface area contributed by atoms with Crippen molar-refractivity contribution in [2.75, 3.05) is 0 Å². The van der Waals surface area contributed by atoms with Gasteiger partial charge in [-0.3, -0.25) is 4.79 Å². The Labute approximate surface area is 74.9 Å². The summed E-state index contributed by atoms with van der Waals surface area (Å²) in [7, 11) is 0. The predicted octanol–water partition coefficient (Wildman–Crippen LogP) is 1.22. The molecule has 3 N–H and O–H groups in total. The molecule has 5 heteroatoms. The Morgan fingerprint density at radius 1 is 1.62 bits per heavy atom. The van der Waals surface area contributed by atoms with Gasteiger partial charge in [0.1, 0.15) is 6.04 Å². The van der Waals surface area contributed by atoms with Gasteiger partial charge in [-0.05, 0) is 18.8 Å². The summed E-state index contributed by atoms with van der Waals surface area (Å²) in [5.41, 5.74) is 5.28. The zero-order chi connectivity index (χ0) is 10.1. The second kappa shape index (κ2) is 3.57. The lowest BCUT2D eigenvalue weighted by Crippen LogP contribution is -2.42. The Morgan fingerprint density at radius 3 is 2.69 bits per heavy atom. The Kier molecular flexibility index (Phi) is 2.85. The largest absolute Gasteiger partial charge is 0.480 e. The van der Waals surface area contributed by atoms with Crippen molar-refractivity contribution in [2.45, 2.75) is 37.6 Å². The van der Waals surface area contributed by atoms with E-state index in [1.807, 2.05) is 0 Å². The monoisotopic (exact) mass is 193 g/mol. The van der Waals surface area contributed by atoms with Crippen molar-refractivity contribution in [3.05, 3.63) is 0 Å². The SMILES string of the molecule is N[C@H](C(=O)O)C1CCCC(F)(F)C1. The first-order valence-electron chi connectivity index (χ1n) is 4.28. The maximum Gasteiger partial charge on any atom is 0.320 e. The summed E-state index contributed by atoms with van der Waals surface area (Å²) in [4.78, 5) is 10.4. The highest BCUT2D eigenvalue weighted by Crippen LogP contribution is 2.37. The number of carboxylic acids is 1. The number of rotatable bonds is 2. The van der Waals surface area contributed by atoms with Gasteiger partial charge in [0.25, 0.3) is 0 Å². The van der Waals surface area contributed by atoms with E-state index in [1.54, 1.807) is 0 Å². The Balaban J connectivity index is 2.56. The molecule has 1 rings (SSSR count). The molecule has 0 amide bonds. The van der Waals surface area contributed by atoms with Crippen LogP contribution in [0.2, 0.25) is 0 Å². The van der Waals surface area contributed by atoms with Gasteiger partial charge in [-0.25, -0.2) is 8.78 Å². The van der Waals surface area contributed by atoms with Gasteiger partial charge in [-0.15, -0.1) is 0 Å². The van der Waals surface area contributed by atoms with E-state index in [-0.39, 0.29) is 12.8 Å². The van der Waals surface area contributed by atoms with Gasteiger partial charge >= 0.3 is 5.97 Å². The molecule has 0 bridgehead atoms. The summed E-state index contributed by atoms with van der Waals surface area (Å²) >= 11 is 0. The predicted molar refractivity (Wildman–Crippen MR) is 42.5 cm³/mol. The summed E-state index contributed by atoms with van der Waals surface area (Å²) in [5.74, 6) is -4.50. The van der Waals surface area contributed by atoms with Crippen molar-refractivity contribution in [1.29, 1.82) is 0 Å². The molecule has 3 nitrogen and oxygen atoms in total. The lowest BCUT2D eigenvalue weighted by atomic mass is 9.82. The first-order chi connectivity index (χ1) is 5.92. The molecule has 13 heavy (non-hydrogen) atoms. The van der Waals surface area contributed by atoms with E-state index >= 15 is 0 Å². The van der Waals surface area contributed by atoms with Crippen LogP contribution in [0.5, 0.6) is 0 Å². The van der Waals surface area contributed by atoms with Gasteiger partial charge in [-0.2, -0.15) is 0 Å². The molecular weight excluding hydrogens is 180 g/mol. The number of hydrogen-bond donors (Lipinski definition) is 2. The molecule has 0 aliphatic heterocycles. The fourth-order valence-corrected chi connectivity index (χ4v) is 1.72. The Morgan fingerprint density at radius 2 is 2.23 bits per heavy atom. The number of carboxylic acid groups (broad SMARTS) is 1. The van der Waals surface area contributed by atoms with Gasteiger partial charge in [0.15, 0.2) is 0 Å². The number of nitrogens with two attached hydrogens (primary N) is 1. The van der Waals surface area contributed by atoms with Crippen LogP contribution in [-0.4, -0.2) is 23.0 Å². The van der Waals surface area contributed by atoms with E-state index < -0.39 is 23.9 Å². The third kappa shape index (κ3) is 2.62. The molecule has 0 aromatic carbocycles. The number of alkyl halides is 2. The van der Waals surface area contributed by atoms with Gasteiger partial charge < -0.3 is 10.8 Å². The smallest absolute Gasteiger partial charge is 0.320 e. The molecule has 1 saturated carbocycles. The van der Waals surface area contributed by atoms with E-state index in [1.165, 1.54) is 0 Å². The highest BCUT2D eigenvalue weighted by Gasteiger charge is 2.40. The van der Waals surface area contributed by atoms with E-state index in [2.05, 4.69) is 0 Å². The maximum absolute atomic E-state index is 12.8. The second-order valence-electron chi connectivity index (χ2n) is 3.58. The first-order valence-corrected chi connectivity index (χ1v) is 4.28. The summed E-state index contributed by atoms with van der Waals surface area (Å²) in [6.07, 6.45) is 0.317. The molecule has 0 heterocycles. The first kappa shape index (κ1) is 10.4. The average Bonchev–Trinajstić information content (AvgIpc) is 2.01. The summed E-state index contributed by atoms with van der Waals surface area (Å²) in [6.45, 7) is 0. The Hall–Kier alpha value is -0.710. The lowest BCUT2D eigenvalue weighted by Gasteiger charge is -2.30. The van der Waals surface area contributed by atoms with Gasteiger partial charge in [0.05, 0.1) is 0 Å². The molecule has 1 fully saturated rings. The normalized spacial score (nSPS) is 29.6. The van der Waals surface area contributed by atoms with E-state index in [9.17, 15) is 13.6 Å². The molecule has 1 aliphatic carbocycles. The summed E-state index contributed by atoms with van der Waals surface area (Å²) < 4.78 is 25.7. The van der Waals surface area contributed by atoms with Crippen molar-refractivity contribution in [2.24, 2.45) is 11.7 Å². The fourth-order valence-electron chi connectivity index (χ4n) is 1.72. The highest BCUT2D eigenvalue weighted by molar-refractivity contribution is 5.73. The summed E-state index contributed by atoms with van der Waals surface area (Å²) in [6, 6.07) is -1.15. The van der Waals surface area contributed by atoms with Crippen LogP contribution in [0.25, 0.3) is 0 Å². The minimum atomic E-state index is -2.73.